The Morgan fingerprint density at radius 3 is 2.59 bits per heavy atom. The van der Waals surface area contributed by atoms with Crippen molar-refractivity contribution < 1.29 is 18.0 Å². The number of aromatic nitrogens is 1. The topological polar surface area (TPSA) is 65.2 Å². The van der Waals surface area contributed by atoms with E-state index in [1.54, 1.807) is 13.0 Å². The molecule has 122 valence electrons. The lowest BCUT2D eigenvalue weighted by molar-refractivity contribution is -0.188. The molecule has 2 N–H and O–H groups in total. The fraction of sp³-hybridized carbons (Fsp3) is 0.571. The van der Waals surface area contributed by atoms with Gasteiger partial charge in [-0.15, -0.1) is 0 Å². The number of amides is 1. The fourth-order valence-corrected chi connectivity index (χ4v) is 2.69. The molecule has 2 rings (SSSR count). The van der Waals surface area contributed by atoms with Gasteiger partial charge >= 0.3 is 6.18 Å². The minimum atomic E-state index is -4.27. The van der Waals surface area contributed by atoms with Crippen molar-refractivity contribution in [3.63, 3.8) is 0 Å². The van der Waals surface area contributed by atoms with Gasteiger partial charge in [-0.1, -0.05) is 0 Å². The van der Waals surface area contributed by atoms with Crippen LogP contribution in [0.4, 0.5) is 13.2 Å². The third kappa shape index (κ3) is 3.68. The number of likely N-dealkylation sites (tertiary alicyclic amines) is 1. The number of carbonyl (C=O) groups is 1. The molecule has 2 heterocycles. The number of alkyl halides is 3. The van der Waals surface area contributed by atoms with Gasteiger partial charge in [-0.3, -0.25) is 14.5 Å². The zero-order valence-corrected chi connectivity index (χ0v) is 12.3. The zero-order chi connectivity index (χ0) is 16.5. The molecular formula is C14H18F3N3O2. The first-order valence-electron chi connectivity index (χ1n) is 6.96. The van der Waals surface area contributed by atoms with E-state index in [2.05, 4.69) is 10.3 Å². The van der Waals surface area contributed by atoms with Crippen molar-refractivity contribution in [3.8, 4) is 0 Å². The van der Waals surface area contributed by atoms with Crippen LogP contribution in [0.5, 0.6) is 0 Å². The first kappa shape index (κ1) is 16.5. The summed E-state index contributed by atoms with van der Waals surface area (Å²) >= 11 is 0. The number of H-pyrrole nitrogens is 1. The number of hydrogen-bond donors (Lipinski definition) is 2. The Morgan fingerprint density at radius 2 is 2.05 bits per heavy atom. The third-order valence-corrected chi connectivity index (χ3v) is 3.84. The molecule has 0 radical (unpaired) electrons. The maximum Gasteiger partial charge on any atom is 0.404 e. The van der Waals surface area contributed by atoms with Crippen LogP contribution in [0.1, 0.15) is 28.9 Å². The molecular weight excluding hydrogens is 299 g/mol. The molecule has 1 amide bonds. The number of aromatic amines is 1. The second-order valence-corrected chi connectivity index (χ2v) is 5.63. The van der Waals surface area contributed by atoms with E-state index in [0.717, 1.165) is 0 Å². The summed E-state index contributed by atoms with van der Waals surface area (Å²) in [6.45, 7) is 1.79. The van der Waals surface area contributed by atoms with Crippen molar-refractivity contribution in [1.82, 2.24) is 15.2 Å². The zero-order valence-electron chi connectivity index (χ0n) is 12.3. The second kappa shape index (κ2) is 6.12. The summed E-state index contributed by atoms with van der Waals surface area (Å²) in [5.41, 5.74) is 0.0907. The average molecular weight is 317 g/mol. The van der Waals surface area contributed by atoms with E-state index < -0.39 is 29.7 Å². The Bertz CT molecular complexity index is 612. The molecule has 0 aliphatic carbocycles. The number of rotatable bonds is 2. The minimum absolute atomic E-state index is 0.0359. The van der Waals surface area contributed by atoms with Gasteiger partial charge in [0.25, 0.3) is 11.5 Å². The molecule has 8 heteroatoms. The number of aryl methyl sites for hydroxylation is 1. The smallest absolute Gasteiger partial charge is 0.348 e. The first-order valence-corrected chi connectivity index (χ1v) is 6.96. The van der Waals surface area contributed by atoms with E-state index in [9.17, 15) is 22.8 Å². The highest BCUT2D eigenvalue weighted by Crippen LogP contribution is 2.30. The molecule has 2 unspecified atom stereocenters. The number of likely N-dealkylation sites (N-methyl/N-ethyl adjacent to an activating group) is 1. The van der Waals surface area contributed by atoms with Gasteiger partial charge < -0.3 is 10.3 Å². The molecule has 0 bridgehead atoms. The van der Waals surface area contributed by atoms with Gasteiger partial charge in [0, 0.05) is 18.3 Å². The SMILES string of the molecule is Cc1ccc(C(=O)NC2CCC(C(F)(F)F)N(C)C2)c(=O)[nH]1. The van der Waals surface area contributed by atoms with Gasteiger partial charge in [0.1, 0.15) is 11.6 Å². The normalized spacial score (nSPS) is 23.3. The number of nitrogens with one attached hydrogen (secondary N) is 2. The van der Waals surface area contributed by atoms with Crippen molar-refractivity contribution in [2.45, 2.75) is 38.0 Å². The van der Waals surface area contributed by atoms with Gasteiger partial charge in [0.2, 0.25) is 0 Å². The lowest BCUT2D eigenvalue weighted by Gasteiger charge is -2.38. The standard InChI is InChI=1S/C14H18F3N3O2/c1-8-3-5-10(12(21)18-8)13(22)19-9-4-6-11(14(15,16)17)20(2)7-9/h3,5,9,11H,4,6-7H2,1-2H3,(H,18,21)(H,19,22). The molecule has 1 saturated heterocycles. The summed E-state index contributed by atoms with van der Waals surface area (Å²) in [7, 11) is 1.38. The predicted molar refractivity (Wildman–Crippen MR) is 74.8 cm³/mol. The van der Waals surface area contributed by atoms with Crippen LogP contribution >= 0.6 is 0 Å². The van der Waals surface area contributed by atoms with Crippen LogP contribution in [-0.4, -0.2) is 47.6 Å². The highest BCUT2D eigenvalue weighted by Gasteiger charge is 2.44. The van der Waals surface area contributed by atoms with Crippen LogP contribution < -0.4 is 10.9 Å². The van der Waals surface area contributed by atoms with Crippen LogP contribution in [0.15, 0.2) is 16.9 Å². The molecule has 22 heavy (non-hydrogen) atoms. The third-order valence-electron chi connectivity index (χ3n) is 3.84. The molecule has 1 aromatic heterocycles. The molecule has 5 nitrogen and oxygen atoms in total. The predicted octanol–water partition coefficient (Wildman–Crippen LogP) is 1.44. The maximum absolute atomic E-state index is 12.8. The summed E-state index contributed by atoms with van der Waals surface area (Å²) < 4.78 is 38.3. The first-order chi connectivity index (χ1) is 10.2. The Balaban J connectivity index is 2.01. The molecule has 0 spiro atoms. The average Bonchev–Trinajstić information content (AvgIpc) is 2.36. The van der Waals surface area contributed by atoms with E-state index in [4.69, 9.17) is 0 Å². The highest BCUT2D eigenvalue weighted by molar-refractivity contribution is 5.94. The second-order valence-electron chi connectivity index (χ2n) is 5.63. The summed E-state index contributed by atoms with van der Waals surface area (Å²) in [6.07, 6.45) is -4.11. The van der Waals surface area contributed by atoms with Gasteiger partial charge in [0.15, 0.2) is 0 Å². The molecule has 1 aliphatic heterocycles. The van der Waals surface area contributed by atoms with E-state index in [1.807, 2.05) is 0 Å². The highest BCUT2D eigenvalue weighted by atomic mass is 19.4. The van der Waals surface area contributed by atoms with Crippen LogP contribution in [-0.2, 0) is 0 Å². The Morgan fingerprint density at radius 1 is 1.36 bits per heavy atom. The summed E-state index contributed by atoms with van der Waals surface area (Å²) in [5, 5.41) is 2.63. The van der Waals surface area contributed by atoms with Crippen LogP contribution in [0.2, 0.25) is 0 Å². The molecule has 1 fully saturated rings. The molecule has 0 aromatic carbocycles. The van der Waals surface area contributed by atoms with Gasteiger partial charge in [-0.05, 0) is 38.9 Å². The quantitative estimate of drug-likeness (QED) is 0.867. The number of piperidine rings is 1. The number of hydrogen-bond acceptors (Lipinski definition) is 3. The molecule has 1 aliphatic rings. The maximum atomic E-state index is 12.8. The Hall–Kier alpha value is -1.83. The van der Waals surface area contributed by atoms with Crippen molar-refractivity contribution in [1.29, 1.82) is 0 Å². The fourth-order valence-electron chi connectivity index (χ4n) is 2.69. The van der Waals surface area contributed by atoms with Crippen LogP contribution in [0.25, 0.3) is 0 Å². The van der Waals surface area contributed by atoms with E-state index in [1.165, 1.54) is 18.0 Å². The van der Waals surface area contributed by atoms with Gasteiger partial charge in [0.05, 0.1) is 0 Å². The van der Waals surface area contributed by atoms with Gasteiger partial charge in [-0.25, -0.2) is 0 Å². The Labute approximate surface area is 125 Å². The largest absolute Gasteiger partial charge is 0.404 e. The number of pyridine rings is 1. The van der Waals surface area contributed by atoms with E-state index in [0.29, 0.717) is 5.69 Å². The lowest BCUT2D eigenvalue weighted by Crippen LogP contribution is -2.55. The van der Waals surface area contributed by atoms with Crippen molar-refractivity contribution in [2.24, 2.45) is 0 Å². The number of nitrogens with zero attached hydrogens (tertiary/aromatic N) is 1. The molecule has 1 aromatic rings. The van der Waals surface area contributed by atoms with Crippen molar-refractivity contribution in [3.05, 3.63) is 33.7 Å². The van der Waals surface area contributed by atoms with Crippen LogP contribution in [0.3, 0.4) is 0 Å². The molecule has 0 saturated carbocycles. The summed E-state index contributed by atoms with van der Waals surface area (Å²) in [4.78, 5) is 27.5. The van der Waals surface area contributed by atoms with Gasteiger partial charge in [-0.2, -0.15) is 13.2 Å². The lowest BCUT2D eigenvalue weighted by atomic mass is 9.98. The summed E-state index contributed by atoms with van der Waals surface area (Å²) in [6, 6.07) is 1.12. The van der Waals surface area contributed by atoms with Crippen LogP contribution in [0, 0.1) is 6.92 Å². The minimum Gasteiger partial charge on any atom is -0.348 e. The Kier molecular flexibility index (Phi) is 4.60. The monoisotopic (exact) mass is 317 g/mol. The number of carbonyl (C=O) groups excluding carboxylic acids is 1. The van der Waals surface area contributed by atoms with E-state index >= 15 is 0 Å². The summed E-state index contributed by atoms with van der Waals surface area (Å²) in [5.74, 6) is -0.565. The van der Waals surface area contributed by atoms with E-state index in [-0.39, 0.29) is 24.9 Å². The van der Waals surface area contributed by atoms with Crippen molar-refractivity contribution in [2.75, 3.05) is 13.6 Å². The molecule has 2 atom stereocenters. The van der Waals surface area contributed by atoms with Crippen molar-refractivity contribution >= 4 is 5.91 Å². The number of halogens is 3.